The Kier molecular flexibility index (Phi) is 3.91. The minimum absolute atomic E-state index is 0.134. The monoisotopic (exact) mass is 406 g/mol. The van der Waals surface area contributed by atoms with Crippen molar-refractivity contribution in [3.8, 4) is 11.1 Å². The zero-order chi connectivity index (χ0) is 23.0. The number of carbonyl (C=O) groups excluding carboxylic acids is 1. The van der Waals surface area contributed by atoms with Crippen LogP contribution < -0.4 is 10.6 Å². The predicted octanol–water partition coefficient (Wildman–Crippen LogP) is 2.74. The van der Waals surface area contributed by atoms with E-state index in [1.54, 1.807) is 12.3 Å². The van der Waals surface area contributed by atoms with Crippen molar-refractivity contribution in [2.24, 2.45) is 6.98 Å². The summed E-state index contributed by atoms with van der Waals surface area (Å²) in [5, 5.41) is 10.6. The highest BCUT2D eigenvalue weighted by atomic mass is 16.3. The Balaban J connectivity index is 1.35. The minimum atomic E-state index is -2.34. The van der Waals surface area contributed by atoms with Crippen molar-refractivity contribution in [3.05, 3.63) is 54.6 Å². The van der Waals surface area contributed by atoms with Gasteiger partial charge in [0.05, 0.1) is 11.7 Å². The molecule has 4 aromatic rings. The number of fused-ring (bicyclic) bond motifs is 1. The summed E-state index contributed by atoms with van der Waals surface area (Å²) in [7, 11) is 0. The van der Waals surface area contributed by atoms with Gasteiger partial charge in [0.25, 0.3) is 5.91 Å². The second-order valence-corrected chi connectivity index (χ2v) is 7.19. The number of anilines is 1. The van der Waals surface area contributed by atoms with Gasteiger partial charge in [-0.1, -0.05) is 12.1 Å². The largest absolute Gasteiger partial charge is 0.448 e. The fourth-order valence-electron chi connectivity index (χ4n) is 3.55. The molecule has 0 unspecified atom stereocenters. The van der Waals surface area contributed by atoms with E-state index in [9.17, 15) is 4.79 Å². The van der Waals surface area contributed by atoms with Gasteiger partial charge in [0.2, 0.25) is 5.95 Å². The SMILES string of the molecule is [2H]C([2H])([2H])n1cc(-c2ccc3cnc(NC(=O)c4coc(C5CCNCC5)n4)nc3c2)cn1. The Labute approximate surface area is 176 Å². The van der Waals surface area contributed by atoms with Crippen molar-refractivity contribution in [3.63, 3.8) is 0 Å². The lowest BCUT2D eigenvalue weighted by atomic mass is 9.98. The van der Waals surface area contributed by atoms with Crippen LogP contribution in [-0.2, 0) is 6.98 Å². The van der Waals surface area contributed by atoms with Crippen molar-refractivity contribution in [2.45, 2.75) is 18.8 Å². The third kappa shape index (κ3) is 3.67. The van der Waals surface area contributed by atoms with Crippen LogP contribution in [0.25, 0.3) is 22.0 Å². The number of oxazole rings is 1. The van der Waals surface area contributed by atoms with Gasteiger partial charge in [-0.2, -0.15) is 5.10 Å². The molecular formula is C21H21N7O2. The topological polar surface area (TPSA) is 111 Å². The lowest BCUT2D eigenvalue weighted by Crippen LogP contribution is -2.26. The van der Waals surface area contributed by atoms with E-state index in [-0.39, 0.29) is 17.6 Å². The van der Waals surface area contributed by atoms with Crippen LogP contribution in [0.5, 0.6) is 0 Å². The molecule has 0 atom stereocenters. The summed E-state index contributed by atoms with van der Waals surface area (Å²) in [6.07, 6.45) is 7.75. The van der Waals surface area contributed by atoms with E-state index < -0.39 is 12.9 Å². The van der Waals surface area contributed by atoms with Crippen molar-refractivity contribution >= 4 is 22.8 Å². The second kappa shape index (κ2) is 7.68. The maximum atomic E-state index is 12.6. The van der Waals surface area contributed by atoms with Gasteiger partial charge in [0, 0.05) is 40.3 Å². The summed E-state index contributed by atoms with van der Waals surface area (Å²) in [6, 6.07) is 5.45. The number of nitrogens with zero attached hydrogens (tertiary/aromatic N) is 5. The maximum Gasteiger partial charge on any atom is 0.279 e. The molecule has 1 amide bonds. The average Bonchev–Trinajstić information content (AvgIpc) is 3.49. The average molecular weight is 406 g/mol. The van der Waals surface area contributed by atoms with E-state index in [1.807, 2.05) is 12.1 Å². The molecule has 3 aromatic heterocycles. The zero-order valence-corrected chi connectivity index (χ0v) is 16.0. The fourth-order valence-corrected chi connectivity index (χ4v) is 3.55. The Bertz CT molecular complexity index is 1310. The van der Waals surface area contributed by atoms with Crippen LogP contribution in [0.1, 0.15) is 39.3 Å². The number of amides is 1. The highest BCUT2D eigenvalue weighted by Crippen LogP contribution is 2.25. The van der Waals surface area contributed by atoms with E-state index >= 15 is 0 Å². The summed E-state index contributed by atoms with van der Waals surface area (Å²) in [5.41, 5.74) is 2.16. The number of carbonyl (C=O) groups is 1. The van der Waals surface area contributed by atoms with E-state index in [0.29, 0.717) is 17.0 Å². The number of aryl methyl sites for hydroxylation is 1. The van der Waals surface area contributed by atoms with Crippen LogP contribution in [-0.4, -0.2) is 43.7 Å². The number of aromatic nitrogens is 5. The van der Waals surface area contributed by atoms with Gasteiger partial charge in [-0.25, -0.2) is 15.0 Å². The molecule has 1 aliphatic heterocycles. The third-order valence-corrected chi connectivity index (χ3v) is 5.17. The van der Waals surface area contributed by atoms with Crippen molar-refractivity contribution in [1.29, 1.82) is 0 Å². The molecule has 9 heteroatoms. The summed E-state index contributed by atoms with van der Waals surface area (Å²) in [4.78, 5) is 25.6. The molecule has 5 rings (SSSR count). The first-order valence-electron chi connectivity index (χ1n) is 11.2. The molecular weight excluding hydrogens is 382 g/mol. The molecule has 0 spiro atoms. The summed E-state index contributed by atoms with van der Waals surface area (Å²) in [5.74, 6) is 0.462. The van der Waals surface area contributed by atoms with Crippen LogP contribution in [0.15, 0.2) is 47.5 Å². The molecule has 30 heavy (non-hydrogen) atoms. The molecule has 152 valence electrons. The number of piperidine rings is 1. The highest BCUT2D eigenvalue weighted by molar-refractivity contribution is 6.02. The van der Waals surface area contributed by atoms with Crippen LogP contribution in [0.3, 0.4) is 0 Å². The summed E-state index contributed by atoms with van der Waals surface area (Å²) < 4.78 is 28.9. The van der Waals surface area contributed by atoms with Crippen LogP contribution in [0, 0.1) is 0 Å². The molecule has 0 saturated carbocycles. The lowest BCUT2D eigenvalue weighted by Gasteiger charge is -2.19. The van der Waals surface area contributed by atoms with E-state index in [0.717, 1.165) is 41.6 Å². The predicted molar refractivity (Wildman–Crippen MR) is 111 cm³/mol. The molecule has 2 N–H and O–H groups in total. The first-order chi connectivity index (χ1) is 15.9. The first kappa shape index (κ1) is 15.3. The van der Waals surface area contributed by atoms with Gasteiger partial charge in [-0.3, -0.25) is 14.8 Å². The molecule has 0 radical (unpaired) electrons. The van der Waals surface area contributed by atoms with Gasteiger partial charge in [-0.15, -0.1) is 0 Å². The number of benzene rings is 1. The highest BCUT2D eigenvalue weighted by Gasteiger charge is 2.22. The summed E-state index contributed by atoms with van der Waals surface area (Å²) >= 11 is 0. The Morgan fingerprint density at radius 3 is 3.00 bits per heavy atom. The molecule has 1 aliphatic rings. The number of nitrogens with one attached hydrogen (secondary N) is 2. The fraction of sp³-hybridized carbons (Fsp3) is 0.286. The van der Waals surface area contributed by atoms with Gasteiger partial charge in [-0.05, 0) is 37.6 Å². The van der Waals surface area contributed by atoms with Crippen molar-refractivity contribution in [2.75, 3.05) is 18.4 Å². The zero-order valence-electron chi connectivity index (χ0n) is 19.0. The van der Waals surface area contributed by atoms with Crippen LogP contribution >= 0.6 is 0 Å². The lowest BCUT2D eigenvalue weighted by molar-refractivity contribution is 0.102. The standard InChI is InChI=1S/C21H21N7O2/c1-28-11-16(10-24-28)14-2-3-15-9-23-21(26-17(15)8-14)27-19(29)18-12-30-20(25-18)13-4-6-22-7-5-13/h2-3,8-13,22H,4-7H2,1H3,(H,23,26,27,29)/i1D3. The molecule has 0 aliphatic carbocycles. The van der Waals surface area contributed by atoms with E-state index in [2.05, 4.69) is 30.7 Å². The van der Waals surface area contributed by atoms with E-state index in [1.165, 1.54) is 18.7 Å². The van der Waals surface area contributed by atoms with Gasteiger partial charge in [0.1, 0.15) is 6.26 Å². The minimum Gasteiger partial charge on any atom is -0.448 e. The Morgan fingerprint density at radius 1 is 1.27 bits per heavy atom. The number of rotatable bonds is 4. The smallest absolute Gasteiger partial charge is 0.279 e. The molecule has 1 aromatic carbocycles. The number of hydrogen-bond donors (Lipinski definition) is 2. The third-order valence-electron chi connectivity index (χ3n) is 5.17. The molecule has 4 heterocycles. The van der Waals surface area contributed by atoms with Gasteiger partial charge in [0.15, 0.2) is 11.6 Å². The summed E-state index contributed by atoms with van der Waals surface area (Å²) in [6.45, 7) is -0.541. The van der Waals surface area contributed by atoms with E-state index in [4.69, 9.17) is 8.53 Å². The van der Waals surface area contributed by atoms with Crippen LogP contribution in [0.4, 0.5) is 5.95 Å². The molecule has 1 fully saturated rings. The number of hydrogen-bond acceptors (Lipinski definition) is 7. The molecule has 1 saturated heterocycles. The normalized spacial score (nSPS) is 16.7. The first-order valence-corrected chi connectivity index (χ1v) is 9.67. The maximum absolute atomic E-state index is 12.6. The quantitative estimate of drug-likeness (QED) is 0.536. The molecule has 0 bridgehead atoms. The molecule has 9 nitrogen and oxygen atoms in total. The van der Waals surface area contributed by atoms with Crippen molar-refractivity contribution in [1.82, 2.24) is 30.0 Å². The van der Waals surface area contributed by atoms with Crippen molar-refractivity contribution < 1.29 is 13.3 Å². The second-order valence-electron chi connectivity index (χ2n) is 7.19. The van der Waals surface area contributed by atoms with Gasteiger partial charge < -0.3 is 9.73 Å². The Morgan fingerprint density at radius 2 is 2.17 bits per heavy atom. The Hall–Kier alpha value is -3.59. The van der Waals surface area contributed by atoms with Crippen LogP contribution in [0.2, 0.25) is 0 Å². The van der Waals surface area contributed by atoms with Gasteiger partial charge >= 0.3 is 0 Å².